The Hall–Kier alpha value is -1.07. The molecule has 110 valence electrons. The highest BCUT2D eigenvalue weighted by Crippen LogP contribution is 2.20. The minimum atomic E-state index is -0.244. The van der Waals surface area contributed by atoms with Gasteiger partial charge >= 0.3 is 0 Å². The number of carbonyl (C=O) groups excluding carboxylic acids is 1. The van der Waals surface area contributed by atoms with Crippen molar-refractivity contribution in [2.24, 2.45) is 0 Å². The number of aliphatic hydroxyl groups excluding tert-OH is 1. The zero-order chi connectivity index (χ0) is 14.4. The van der Waals surface area contributed by atoms with Crippen LogP contribution in [-0.2, 0) is 4.79 Å². The maximum atomic E-state index is 12.7. The van der Waals surface area contributed by atoms with Gasteiger partial charge in [-0.3, -0.25) is 4.79 Å². The number of rotatable bonds is 5. The summed E-state index contributed by atoms with van der Waals surface area (Å²) in [4.78, 5) is 12.8. The summed E-state index contributed by atoms with van der Waals surface area (Å²) in [6, 6.07) is 6.51. The fourth-order valence-electron chi connectivity index (χ4n) is 2.31. The summed E-state index contributed by atoms with van der Waals surface area (Å²) < 4.78 is 12.7. The Bertz CT molecular complexity index is 430. The van der Waals surface area contributed by atoms with Crippen LogP contribution in [0.15, 0.2) is 29.2 Å². The standard InChI is InChI=1S/C15H20FNO2S/c16-11-1-7-14(8-2-11)20-10-9-15(19)17-12-3-5-13(18)6-4-12/h1-2,7-8,12-13,18H,3-6,9-10H2,(H,17,19). The van der Waals surface area contributed by atoms with Crippen molar-refractivity contribution >= 4 is 17.7 Å². The van der Waals surface area contributed by atoms with Crippen molar-refractivity contribution in [3.8, 4) is 0 Å². The summed E-state index contributed by atoms with van der Waals surface area (Å²) in [5.74, 6) is 0.500. The Kier molecular flexibility index (Phi) is 5.86. The van der Waals surface area contributed by atoms with E-state index in [0.717, 1.165) is 30.6 Å². The van der Waals surface area contributed by atoms with E-state index in [9.17, 15) is 14.3 Å². The lowest BCUT2D eigenvalue weighted by atomic mass is 9.93. The first kappa shape index (κ1) is 15.3. The first-order valence-electron chi connectivity index (χ1n) is 6.99. The second-order valence-electron chi connectivity index (χ2n) is 5.13. The molecule has 0 aliphatic heterocycles. The number of nitrogens with one attached hydrogen (secondary N) is 1. The van der Waals surface area contributed by atoms with Crippen LogP contribution in [-0.4, -0.2) is 28.9 Å². The van der Waals surface area contributed by atoms with Gasteiger partial charge in [0.2, 0.25) is 5.91 Å². The van der Waals surface area contributed by atoms with Gasteiger partial charge in [0, 0.05) is 23.1 Å². The van der Waals surface area contributed by atoms with E-state index in [1.165, 1.54) is 12.1 Å². The molecule has 1 amide bonds. The van der Waals surface area contributed by atoms with Gasteiger partial charge < -0.3 is 10.4 Å². The summed E-state index contributed by atoms with van der Waals surface area (Å²) in [7, 11) is 0. The molecule has 0 bridgehead atoms. The number of benzene rings is 1. The number of hydrogen-bond acceptors (Lipinski definition) is 3. The van der Waals surface area contributed by atoms with Crippen LogP contribution in [0.4, 0.5) is 4.39 Å². The average Bonchev–Trinajstić information content (AvgIpc) is 2.44. The van der Waals surface area contributed by atoms with Crippen LogP contribution in [0.1, 0.15) is 32.1 Å². The number of amides is 1. The molecule has 5 heteroatoms. The predicted octanol–water partition coefficient (Wildman–Crippen LogP) is 2.73. The third-order valence-electron chi connectivity index (χ3n) is 3.47. The van der Waals surface area contributed by atoms with E-state index in [2.05, 4.69) is 5.32 Å². The summed E-state index contributed by atoms with van der Waals surface area (Å²) in [6.45, 7) is 0. The molecule has 1 aliphatic rings. The number of hydrogen-bond donors (Lipinski definition) is 2. The Balaban J connectivity index is 1.64. The molecule has 0 unspecified atom stereocenters. The van der Waals surface area contributed by atoms with E-state index < -0.39 is 0 Å². The number of thioether (sulfide) groups is 1. The summed E-state index contributed by atoms with van der Waals surface area (Å²) in [6.07, 6.45) is 3.53. The van der Waals surface area contributed by atoms with E-state index in [1.54, 1.807) is 23.9 Å². The Labute approximate surface area is 123 Å². The molecule has 1 fully saturated rings. The fourth-order valence-corrected chi connectivity index (χ4v) is 3.16. The largest absolute Gasteiger partial charge is 0.393 e. The highest BCUT2D eigenvalue weighted by Gasteiger charge is 2.20. The third kappa shape index (κ3) is 5.13. The molecule has 2 N–H and O–H groups in total. The van der Waals surface area contributed by atoms with Crippen LogP contribution in [0.3, 0.4) is 0 Å². The average molecular weight is 297 g/mol. The molecule has 1 aromatic rings. The molecule has 0 heterocycles. The van der Waals surface area contributed by atoms with Gasteiger partial charge in [0.15, 0.2) is 0 Å². The van der Waals surface area contributed by atoms with Crippen LogP contribution in [0.5, 0.6) is 0 Å². The topological polar surface area (TPSA) is 49.3 Å². The third-order valence-corrected chi connectivity index (χ3v) is 4.49. The molecule has 0 spiro atoms. The lowest BCUT2D eigenvalue weighted by Gasteiger charge is -2.26. The summed E-state index contributed by atoms with van der Waals surface area (Å²) in [5.41, 5.74) is 0. The first-order chi connectivity index (χ1) is 9.63. The Morgan fingerprint density at radius 1 is 1.25 bits per heavy atom. The van der Waals surface area contributed by atoms with Crippen molar-refractivity contribution in [3.05, 3.63) is 30.1 Å². The van der Waals surface area contributed by atoms with Gasteiger partial charge in [-0.05, 0) is 49.9 Å². The van der Waals surface area contributed by atoms with E-state index in [1.807, 2.05) is 0 Å². The van der Waals surface area contributed by atoms with Crippen LogP contribution in [0, 0.1) is 5.82 Å². The highest BCUT2D eigenvalue weighted by atomic mass is 32.2. The van der Waals surface area contributed by atoms with Gasteiger partial charge in [0.05, 0.1) is 6.10 Å². The number of halogens is 1. The highest BCUT2D eigenvalue weighted by molar-refractivity contribution is 7.99. The van der Waals surface area contributed by atoms with Gasteiger partial charge in [0.25, 0.3) is 0 Å². The molecule has 2 rings (SSSR count). The van der Waals surface area contributed by atoms with Crippen molar-refractivity contribution in [1.82, 2.24) is 5.32 Å². The van der Waals surface area contributed by atoms with E-state index >= 15 is 0 Å². The molecule has 0 saturated heterocycles. The maximum absolute atomic E-state index is 12.7. The SMILES string of the molecule is O=C(CCSc1ccc(F)cc1)NC1CCC(O)CC1. The van der Waals surface area contributed by atoms with Crippen molar-refractivity contribution in [2.45, 2.75) is 49.1 Å². The van der Waals surface area contributed by atoms with Crippen molar-refractivity contribution < 1.29 is 14.3 Å². The molecule has 0 aromatic heterocycles. The van der Waals surface area contributed by atoms with Crippen molar-refractivity contribution in [2.75, 3.05) is 5.75 Å². The first-order valence-corrected chi connectivity index (χ1v) is 7.98. The maximum Gasteiger partial charge on any atom is 0.221 e. The second-order valence-corrected chi connectivity index (χ2v) is 6.29. The van der Waals surface area contributed by atoms with Crippen molar-refractivity contribution in [3.63, 3.8) is 0 Å². The molecule has 0 atom stereocenters. The lowest BCUT2D eigenvalue weighted by molar-refractivity contribution is -0.121. The zero-order valence-electron chi connectivity index (χ0n) is 11.3. The molecule has 1 saturated carbocycles. The Morgan fingerprint density at radius 3 is 2.55 bits per heavy atom. The van der Waals surface area contributed by atoms with E-state index in [0.29, 0.717) is 12.2 Å². The smallest absolute Gasteiger partial charge is 0.221 e. The molecular formula is C15H20FNO2S. The van der Waals surface area contributed by atoms with Gasteiger partial charge in [0.1, 0.15) is 5.82 Å². The zero-order valence-corrected chi connectivity index (χ0v) is 12.2. The summed E-state index contributed by atoms with van der Waals surface area (Å²) in [5, 5.41) is 12.4. The summed E-state index contributed by atoms with van der Waals surface area (Å²) >= 11 is 1.55. The quantitative estimate of drug-likeness (QED) is 0.822. The number of carbonyl (C=O) groups is 1. The van der Waals surface area contributed by atoms with E-state index in [4.69, 9.17) is 0 Å². The number of aliphatic hydroxyl groups is 1. The van der Waals surface area contributed by atoms with Gasteiger partial charge in [-0.2, -0.15) is 0 Å². The van der Waals surface area contributed by atoms with Crippen LogP contribution >= 0.6 is 11.8 Å². The Morgan fingerprint density at radius 2 is 1.90 bits per heavy atom. The molecular weight excluding hydrogens is 277 g/mol. The van der Waals surface area contributed by atoms with Crippen LogP contribution < -0.4 is 5.32 Å². The molecule has 1 aromatic carbocycles. The van der Waals surface area contributed by atoms with Crippen molar-refractivity contribution in [1.29, 1.82) is 0 Å². The molecule has 1 aliphatic carbocycles. The van der Waals surface area contributed by atoms with Crippen LogP contribution in [0.25, 0.3) is 0 Å². The van der Waals surface area contributed by atoms with Gasteiger partial charge in [-0.25, -0.2) is 4.39 Å². The molecule has 3 nitrogen and oxygen atoms in total. The monoisotopic (exact) mass is 297 g/mol. The van der Waals surface area contributed by atoms with Gasteiger partial charge in [-0.1, -0.05) is 0 Å². The van der Waals surface area contributed by atoms with Crippen LogP contribution in [0.2, 0.25) is 0 Å². The predicted molar refractivity (Wildman–Crippen MR) is 78.1 cm³/mol. The van der Waals surface area contributed by atoms with E-state index in [-0.39, 0.29) is 23.9 Å². The molecule has 20 heavy (non-hydrogen) atoms. The minimum Gasteiger partial charge on any atom is -0.393 e. The molecule has 0 radical (unpaired) electrons. The second kappa shape index (κ2) is 7.64. The normalized spacial score (nSPS) is 22.5. The minimum absolute atomic E-state index is 0.0565. The lowest BCUT2D eigenvalue weighted by Crippen LogP contribution is -2.38. The van der Waals surface area contributed by atoms with Gasteiger partial charge in [-0.15, -0.1) is 11.8 Å². The fraction of sp³-hybridized carbons (Fsp3) is 0.533.